The number of rotatable bonds is 1. The van der Waals surface area contributed by atoms with Crippen LogP contribution in [0.15, 0.2) is 24.5 Å². The zero-order valence-corrected chi connectivity index (χ0v) is 6.37. The molecule has 1 rings (SSSR count). The molecular weight excluding hydrogens is 213 g/mol. The minimum absolute atomic E-state index is 1.16. The van der Waals surface area contributed by atoms with Crippen LogP contribution < -0.4 is 0 Å². The van der Waals surface area contributed by atoms with Crippen molar-refractivity contribution < 1.29 is 0 Å². The lowest BCUT2D eigenvalue weighted by molar-refractivity contribution is 1.30. The highest BCUT2D eigenvalue weighted by molar-refractivity contribution is 14.1. The molecular formula is C6H5IN. The van der Waals surface area contributed by atoms with Crippen molar-refractivity contribution >= 4 is 22.6 Å². The van der Waals surface area contributed by atoms with Crippen LogP contribution in [-0.2, 0) is 0 Å². The van der Waals surface area contributed by atoms with E-state index in [4.69, 9.17) is 0 Å². The molecule has 0 fully saturated rings. The summed E-state index contributed by atoms with van der Waals surface area (Å²) in [6.07, 6.45) is 3.59. The SMILES string of the molecule is I[CH]c1cccnc1. The van der Waals surface area contributed by atoms with Gasteiger partial charge in [-0.3, -0.25) is 4.98 Å². The van der Waals surface area contributed by atoms with Gasteiger partial charge in [-0.15, -0.1) is 0 Å². The first kappa shape index (κ1) is 6.01. The zero-order chi connectivity index (χ0) is 5.82. The molecule has 8 heavy (non-hydrogen) atoms. The summed E-state index contributed by atoms with van der Waals surface area (Å²) in [5, 5.41) is 0. The van der Waals surface area contributed by atoms with Crippen LogP contribution in [0.1, 0.15) is 5.56 Å². The Morgan fingerprint density at radius 2 is 2.50 bits per heavy atom. The predicted octanol–water partition coefficient (Wildman–Crippen LogP) is 2.03. The van der Waals surface area contributed by atoms with Crippen LogP contribution in [0.4, 0.5) is 0 Å². The Labute approximate surface area is 62.3 Å². The monoisotopic (exact) mass is 218 g/mol. The maximum Gasteiger partial charge on any atom is 0.0533 e. The molecule has 0 N–H and O–H groups in total. The number of nitrogens with zero attached hydrogens (tertiary/aromatic N) is 1. The van der Waals surface area contributed by atoms with Crippen molar-refractivity contribution in [3.05, 3.63) is 34.5 Å². The zero-order valence-electron chi connectivity index (χ0n) is 4.21. The highest BCUT2D eigenvalue weighted by Gasteiger charge is 1.83. The van der Waals surface area contributed by atoms with E-state index in [0.717, 1.165) is 5.56 Å². The molecule has 0 saturated heterocycles. The second-order valence-electron chi connectivity index (χ2n) is 1.40. The van der Waals surface area contributed by atoms with E-state index in [1.807, 2.05) is 22.8 Å². The Balaban J connectivity index is 2.83. The van der Waals surface area contributed by atoms with Gasteiger partial charge in [0.15, 0.2) is 0 Å². The van der Waals surface area contributed by atoms with E-state index in [0.29, 0.717) is 0 Å². The average molecular weight is 218 g/mol. The third-order valence-corrected chi connectivity index (χ3v) is 1.53. The second kappa shape index (κ2) is 3.02. The molecule has 0 unspecified atom stereocenters. The summed E-state index contributed by atoms with van der Waals surface area (Å²) in [6, 6.07) is 3.93. The normalized spacial score (nSPS) is 9.12. The van der Waals surface area contributed by atoms with Crippen molar-refractivity contribution in [1.29, 1.82) is 0 Å². The summed E-state index contributed by atoms with van der Waals surface area (Å²) in [5.74, 6) is 0. The molecule has 41 valence electrons. The van der Waals surface area contributed by atoms with Crippen molar-refractivity contribution in [1.82, 2.24) is 4.98 Å². The molecule has 0 amide bonds. The minimum atomic E-state index is 1.16. The molecule has 1 aromatic rings. The lowest BCUT2D eigenvalue weighted by atomic mass is 10.3. The first-order valence-corrected chi connectivity index (χ1v) is 3.51. The molecule has 0 saturated carbocycles. The molecule has 0 bridgehead atoms. The van der Waals surface area contributed by atoms with E-state index in [1.165, 1.54) is 0 Å². The maximum absolute atomic E-state index is 3.92. The minimum Gasteiger partial charge on any atom is -0.264 e. The molecule has 2 heteroatoms. The first-order chi connectivity index (χ1) is 3.93. The van der Waals surface area contributed by atoms with Gasteiger partial charge in [-0.05, 0) is 11.6 Å². The first-order valence-electron chi connectivity index (χ1n) is 2.27. The summed E-state index contributed by atoms with van der Waals surface area (Å²) >= 11 is 2.19. The molecule has 1 heterocycles. The van der Waals surface area contributed by atoms with E-state index in [-0.39, 0.29) is 0 Å². The maximum atomic E-state index is 3.92. The Kier molecular flexibility index (Phi) is 2.27. The van der Waals surface area contributed by atoms with E-state index in [9.17, 15) is 0 Å². The number of hydrogen-bond donors (Lipinski definition) is 0. The van der Waals surface area contributed by atoms with Gasteiger partial charge in [-0.1, -0.05) is 28.7 Å². The standard InChI is InChI=1S/C6H5IN/c7-4-6-2-1-3-8-5-6/h1-5H. The van der Waals surface area contributed by atoms with Crippen LogP contribution in [0.25, 0.3) is 0 Å². The quantitative estimate of drug-likeness (QED) is 0.657. The third kappa shape index (κ3) is 1.43. The van der Waals surface area contributed by atoms with Gasteiger partial charge in [0.05, 0.1) is 4.43 Å². The van der Waals surface area contributed by atoms with Crippen LogP contribution >= 0.6 is 22.6 Å². The van der Waals surface area contributed by atoms with Gasteiger partial charge in [0, 0.05) is 12.4 Å². The molecule has 0 spiro atoms. The fourth-order valence-electron chi connectivity index (χ4n) is 0.441. The van der Waals surface area contributed by atoms with Crippen LogP contribution in [0, 0.1) is 4.43 Å². The van der Waals surface area contributed by atoms with Gasteiger partial charge in [-0.2, -0.15) is 0 Å². The van der Waals surface area contributed by atoms with Crippen molar-refractivity contribution in [3.63, 3.8) is 0 Å². The lowest BCUT2D eigenvalue weighted by Crippen LogP contribution is -1.73. The number of hydrogen-bond acceptors (Lipinski definition) is 1. The summed E-state index contributed by atoms with van der Waals surface area (Å²) in [7, 11) is 0. The fourth-order valence-corrected chi connectivity index (χ4v) is 0.809. The molecule has 1 aromatic heterocycles. The van der Waals surface area contributed by atoms with E-state index in [2.05, 4.69) is 27.6 Å². The summed E-state index contributed by atoms with van der Waals surface area (Å²) in [5.41, 5.74) is 1.16. The van der Waals surface area contributed by atoms with Gasteiger partial charge >= 0.3 is 0 Å². The highest BCUT2D eigenvalue weighted by Crippen LogP contribution is 2.03. The van der Waals surface area contributed by atoms with Crippen LogP contribution in [-0.4, -0.2) is 4.98 Å². The summed E-state index contributed by atoms with van der Waals surface area (Å²) in [4.78, 5) is 3.92. The molecule has 0 aliphatic heterocycles. The van der Waals surface area contributed by atoms with Gasteiger partial charge in [0.1, 0.15) is 0 Å². The van der Waals surface area contributed by atoms with Gasteiger partial charge < -0.3 is 0 Å². The largest absolute Gasteiger partial charge is 0.264 e. The molecule has 0 aromatic carbocycles. The number of halogens is 1. The van der Waals surface area contributed by atoms with Crippen LogP contribution in [0.5, 0.6) is 0 Å². The van der Waals surface area contributed by atoms with E-state index < -0.39 is 0 Å². The number of pyridine rings is 1. The molecule has 1 radical (unpaired) electrons. The molecule has 0 aliphatic carbocycles. The van der Waals surface area contributed by atoms with Crippen molar-refractivity contribution in [2.75, 3.05) is 0 Å². The Morgan fingerprint density at radius 3 is 2.88 bits per heavy atom. The fraction of sp³-hybridized carbons (Fsp3) is 0. The lowest BCUT2D eigenvalue weighted by Gasteiger charge is -1.87. The Morgan fingerprint density at radius 1 is 1.62 bits per heavy atom. The van der Waals surface area contributed by atoms with E-state index >= 15 is 0 Å². The smallest absolute Gasteiger partial charge is 0.0533 e. The van der Waals surface area contributed by atoms with E-state index in [1.54, 1.807) is 6.20 Å². The molecule has 0 aliphatic rings. The van der Waals surface area contributed by atoms with Gasteiger partial charge in [-0.25, -0.2) is 0 Å². The third-order valence-electron chi connectivity index (χ3n) is 0.810. The van der Waals surface area contributed by atoms with Crippen LogP contribution in [0.2, 0.25) is 0 Å². The number of aromatic nitrogens is 1. The van der Waals surface area contributed by atoms with Crippen molar-refractivity contribution in [2.45, 2.75) is 0 Å². The van der Waals surface area contributed by atoms with Gasteiger partial charge in [0.2, 0.25) is 0 Å². The van der Waals surface area contributed by atoms with Gasteiger partial charge in [0.25, 0.3) is 0 Å². The topological polar surface area (TPSA) is 12.9 Å². The Bertz CT molecular complexity index is 150. The van der Waals surface area contributed by atoms with Crippen molar-refractivity contribution in [2.24, 2.45) is 0 Å². The average Bonchev–Trinajstić information content (AvgIpc) is 1.90. The van der Waals surface area contributed by atoms with Crippen molar-refractivity contribution in [3.8, 4) is 0 Å². The Hall–Kier alpha value is -0.120. The highest BCUT2D eigenvalue weighted by atomic mass is 127. The summed E-state index contributed by atoms with van der Waals surface area (Å²) in [6.45, 7) is 0. The summed E-state index contributed by atoms with van der Waals surface area (Å²) < 4.78 is 1.99. The second-order valence-corrected chi connectivity index (χ2v) is 2.02. The van der Waals surface area contributed by atoms with Crippen LogP contribution in [0.3, 0.4) is 0 Å². The molecule has 0 atom stereocenters. The molecule has 1 nitrogen and oxygen atoms in total. The predicted molar refractivity (Wildman–Crippen MR) is 41.7 cm³/mol.